The van der Waals surface area contributed by atoms with Crippen LogP contribution < -0.4 is 10.6 Å². The minimum Gasteiger partial charge on any atom is -0.354 e. The summed E-state index contributed by atoms with van der Waals surface area (Å²) in [6.45, 7) is 0.473. The predicted molar refractivity (Wildman–Crippen MR) is 118 cm³/mol. The first-order valence-electron chi connectivity index (χ1n) is 11.0. The second-order valence-corrected chi connectivity index (χ2v) is 8.28. The molecule has 0 saturated carbocycles. The van der Waals surface area contributed by atoms with Crippen LogP contribution in [0.1, 0.15) is 33.6 Å². The van der Waals surface area contributed by atoms with Crippen molar-refractivity contribution in [3.05, 3.63) is 71.3 Å². The Hall–Kier alpha value is -3.82. The van der Waals surface area contributed by atoms with Crippen LogP contribution in [-0.4, -0.2) is 71.7 Å². The molecule has 4 amide bonds. The number of nitrogens with one attached hydrogen (secondary N) is 2. The highest BCUT2D eigenvalue weighted by Gasteiger charge is 2.39. The summed E-state index contributed by atoms with van der Waals surface area (Å²) in [5, 5.41) is 5.36. The second-order valence-electron chi connectivity index (χ2n) is 8.28. The van der Waals surface area contributed by atoms with Crippen LogP contribution in [0, 0.1) is 11.6 Å². The van der Waals surface area contributed by atoms with E-state index in [2.05, 4.69) is 10.6 Å². The van der Waals surface area contributed by atoms with Crippen molar-refractivity contribution in [2.45, 2.75) is 24.9 Å². The van der Waals surface area contributed by atoms with Crippen LogP contribution in [0.5, 0.6) is 0 Å². The van der Waals surface area contributed by atoms with Crippen LogP contribution in [0.15, 0.2) is 48.5 Å². The first kappa shape index (κ1) is 23.3. The van der Waals surface area contributed by atoms with Crippen molar-refractivity contribution in [2.24, 2.45) is 0 Å². The minimum atomic E-state index is -1.11. The van der Waals surface area contributed by atoms with Crippen molar-refractivity contribution in [1.29, 1.82) is 0 Å². The summed E-state index contributed by atoms with van der Waals surface area (Å²) in [5.41, 5.74) is 0.189. The number of carbonyl (C=O) groups excluding carboxylic acids is 4. The monoisotopic (exact) mass is 470 g/mol. The zero-order valence-corrected chi connectivity index (χ0v) is 18.3. The van der Waals surface area contributed by atoms with Crippen LogP contribution in [0.25, 0.3) is 0 Å². The molecule has 2 aromatic carbocycles. The minimum absolute atomic E-state index is 0.00531. The van der Waals surface area contributed by atoms with Gasteiger partial charge in [-0.3, -0.25) is 19.2 Å². The van der Waals surface area contributed by atoms with Crippen molar-refractivity contribution >= 4 is 23.6 Å². The predicted octanol–water partition coefficient (Wildman–Crippen LogP) is 1.33. The molecule has 0 bridgehead atoms. The van der Waals surface area contributed by atoms with E-state index < -0.39 is 41.4 Å². The normalized spacial score (nSPS) is 20.5. The number of rotatable bonds is 4. The molecule has 10 heteroatoms. The van der Waals surface area contributed by atoms with E-state index in [9.17, 15) is 28.0 Å². The fraction of sp³-hybridized carbons (Fsp3) is 0.333. The molecular weight excluding hydrogens is 446 g/mol. The average Bonchev–Trinajstić information content (AvgIpc) is 2.84. The van der Waals surface area contributed by atoms with Gasteiger partial charge in [0.15, 0.2) is 0 Å². The number of piperazine rings is 1. The molecule has 2 aliphatic heterocycles. The maximum Gasteiger partial charge on any atom is 0.254 e. The van der Waals surface area contributed by atoms with E-state index in [1.807, 2.05) is 0 Å². The lowest BCUT2D eigenvalue weighted by atomic mass is 10.0. The van der Waals surface area contributed by atoms with E-state index in [1.54, 1.807) is 0 Å². The van der Waals surface area contributed by atoms with Crippen molar-refractivity contribution in [2.75, 3.05) is 26.2 Å². The molecule has 8 nitrogen and oxygen atoms in total. The Morgan fingerprint density at radius 2 is 1.59 bits per heavy atom. The van der Waals surface area contributed by atoms with Crippen LogP contribution in [0.4, 0.5) is 8.78 Å². The van der Waals surface area contributed by atoms with Crippen molar-refractivity contribution in [3.8, 4) is 0 Å². The first-order valence-corrected chi connectivity index (χ1v) is 11.0. The molecule has 178 valence electrons. The molecule has 2 aliphatic rings. The summed E-state index contributed by atoms with van der Waals surface area (Å²) in [5.74, 6) is -3.11. The molecule has 2 atom stereocenters. The highest BCUT2D eigenvalue weighted by molar-refractivity contribution is 6.00. The Morgan fingerprint density at radius 3 is 2.21 bits per heavy atom. The highest BCUT2D eigenvalue weighted by Crippen LogP contribution is 2.19. The molecule has 2 N–H and O–H groups in total. The van der Waals surface area contributed by atoms with E-state index in [0.29, 0.717) is 19.4 Å². The Labute approximate surface area is 194 Å². The van der Waals surface area contributed by atoms with E-state index in [4.69, 9.17) is 0 Å². The van der Waals surface area contributed by atoms with Gasteiger partial charge in [-0.1, -0.05) is 12.1 Å². The molecule has 2 fully saturated rings. The van der Waals surface area contributed by atoms with Gasteiger partial charge >= 0.3 is 0 Å². The molecule has 0 unspecified atom stereocenters. The number of benzene rings is 2. The summed E-state index contributed by atoms with van der Waals surface area (Å²) >= 11 is 0. The number of halogens is 2. The number of piperidine rings is 1. The lowest BCUT2D eigenvalue weighted by Crippen LogP contribution is -2.63. The molecule has 0 aromatic heterocycles. The summed E-state index contributed by atoms with van der Waals surface area (Å²) in [6, 6.07) is 8.47. The lowest BCUT2D eigenvalue weighted by molar-refractivity contribution is -0.133. The highest BCUT2D eigenvalue weighted by atomic mass is 19.1. The molecule has 2 saturated heterocycles. The van der Waals surface area contributed by atoms with Gasteiger partial charge in [-0.25, -0.2) is 8.78 Å². The lowest BCUT2D eigenvalue weighted by Gasteiger charge is -2.41. The molecular formula is C24H24F2N4O4. The van der Waals surface area contributed by atoms with E-state index in [1.165, 1.54) is 46.2 Å². The first-order chi connectivity index (χ1) is 16.3. The standard InChI is InChI=1S/C24H24F2N4O4/c25-17-6-1-4-15(12-17)23(33)29-10-11-30(24(34)16-5-2-7-18(26)13-16)20(14-29)22(32)28-19-8-3-9-27-21(19)31/h1-2,4-7,12-13,19-20H,3,8-11,14H2,(H,27,31)(H,28,32)/t19-,20+/m1/s1. The van der Waals surface area contributed by atoms with Crippen molar-refractivity contribution in [1.82, 2.24) is 20.4 Å². The van der Waals surface area contributed by atoms with Crippen LogP contribution in [0.2, 0.25) is 0 Å². The number of amides is 4. The van der Waals surface area contributed by atoms with Crippen molar-refractivity contribution < 1.29 is 28.0 Å². The Balaban J connectivity index is 1.58. The number of hydrogen-bond donors (Lipinski definition) is 2. The Bertz CT molecular complexity index is 1130. The third-order valence-electron chi connectivity index (χ3n) is 5.98. The zero-order valence-electron chi connectivity index (χ0n) is 18.3. The van der Waals surface area contributed by atoms with Crippen molar-refractivity contribution in [3.63, 3.8) is 0 Å². The second kappa shape index (κ2) is 9.98. The van der Waals surface area contributed by atoms with Crippen LogP contribution in [-0.2, 0) is 9.59 Å². The molecule has 2 aromatic rings. The topological polar surface area (TPSA) is 98.8 Å². The number of hydrogen-bond acceptors (Lipinski definition) is 4. The van der Waals surface area contributed by atoms with Gasteiger partial charge in [-0.05, 0) is 49.2 Å². The van der Waals surface area contributed by atoms with E-state index >= 15 is 0 Å². The van der Waals surface area contributed by atoms with Gasteiger partial charge in [0.2, 0.25) is 11.8 Å². The van der Waals surface area contributed by atoms with E-state index in [0.717, 1.165) is 12.1 Å². The molecule has 34 heavy (non-hydrogen) atoms. The summed E-state index contributed by atoms with van der Waals surface area (Å²) in [7, 11) is 0. The van der Waals surface area contributed by atoms with Crippen LogP contribution >= 0.6 is 0 Å². The molecule has 0 radical (unpaired) electrons. The van der Waals surface area contributed by atoms with Gasteiger partial charge in [-0.15, -0.1) is 0 Å². The van der Waals surface area contributed by atoms with E-state index in [-0.39, 0.29) is 36.7 Å². The third-order valence-corrected chi connectivity index (χ3v) is 5.98. The molecule has 4 rings (SSSR count). The quantitative estimate of drug-likeness (QED) is 0.704. The van der Waals surface area contributed by atoms with Gasteiger partial charge in [0.25, 0.3) is 11.8 Å². The Morgan fingerprint density at radius 1 is 0.941 bits per heavy atom. The smallest absolute Gasteiger partial charge is 0.254 e. The van der Waals surface area contributed by atoms with Crippen LogP contribution in [0.3, 0.4) is 0 Å². The average molecular weight is 470 g/mol. The molecule has 2 heterocycles. The summed E-state index contributed by atoms with van der Waals surface area (Å²) < 4.78 is 27.3. The SMILES string of the molecule is O=C1NCCC[C@H]1NC(=O)[C@@H]1CN(C(=O)c2cccc(F)c2)CCN1C(=O)c1cccc(F)c1. The maximum absolute atomic E-state index is 13.7. The summed E-state index contributed by atoms with van der Waals surface area (Å²) in [4.78, 5) is 54.1. The van der Waals surface area contributed by atoms with Gasteiger partial charge in [0.05, 0.1) is 6.54 Å². The number of carbonyl (C=O) groups is 4. The Kier molecular flexibility index (Phi) is 6.85. The van der Waals surface area contributed by atoms with Gasteiger partial charge in [0, 0.05) is 30.8 Å². The third kappa shape index (κ3) is 5.05. The van der Waals surface area contributed by atoms with Gasteiger partial charge < -0.3 is 20.4 Å². The van der Waals surface area contributed by atoms with Gasteiger partial charge in [-0.2, -0.15) is 0 Å². The largest absolute Gasteiger partial charge is 0.354 e. The zero-order chi connectivity index (χ0) is 24.2. The molecule has 0 aliphatic carbocycles. The number of nitrogens with zero attached hydrogens (tertiary/aromatic N) is 2. The maximum atomic E-state index is 13.7. The fourth-order valence-electron chi connectivity index (χ4n) is 4.20. The molecule has 0 spiro atoms. The fourth-order valence-corrected chi connectivity index (χ4v) is 4.20. The van der Waals surface area contributed by atoms with Gasteiger partial charge in [0.1, 0.15) is 23.7 Å². The summed E-state index contributed by atoms with van der Waals surface area (Å²) in [6.07, 6.45) is 1.14.